The van der Waals surface area contributed by atoms with E-state index in [4.69, 9.17) is 16.3 Å². The van der Waals surface area contributed by atoms with E-state index in [2.05, 4.69) is 27.1 Å². The van der Waals surface area contributed by atoms with E-state index in [0.717, 1.165) is 55.2 Å². The Balaban J connectivity index is 1.25. The van der Waals surface area contributed by atoms with Gasteiger partial charge in [-0.15, -0.1) is 0 Å². The van der Waals surface area contributed by atoms with Gasteiger partial charge in [0.15, 0.2) is 0 Å². The number of fused-ring (bicyclic) bond motifs is 1. The fourth-order valence-electron chi connectivity index (χ4n) is 5.68. The van der Waals surface area contributed by atoms with Crippen molar-refractivity contribution in [2.24, 2.45) is 5.92 Å². The lowest BCUT2D eigenvalue weighted by molar-refractivity contribution is -0.133. The van der Waals surface area contributed by atoms with Gasteiger partial charge in [-0.3, -0.25) is 4.79 Å². The molecule has 8 nitrogen and oxygen atoms in total. The van der Waals surface area contributed by atoms with E-state index in [1.807, 2.05) is 29.2 Å². The molecule has 2 N–H and O–H groups in total. The largest absolute Gasteiger partial charge is 0.387 e. The van der Waals surface area contributed by atoms with Gasteiger partial charge in [0.2, 0.25) is 5.91 Å². The van der Waals surface area contributed by atoms with Crippen molar-refractivity contribution in [3.63, 3.8) is 0 Å². The van der Waals surface area contributed by atoms with Crippen molar-refractivity contribution >= 4 is 23.3 Å². The number of ether oxygens (including phenoxy) is 1. The van der Waals surface area contributed by atoms with Gasteiger partial charge in [-0.25, -0.2) is 9.97 Å². The van der Waals surface area contributed by atoms with Crippen molar-refractivity contribution in [1.82, 2.24) is 20.2 Å². The second-order valence-corrected chi connectivity index (χ2v) is 10.7. The first-order chi connectivity index (χ1) is 17.5. The van der Waals surface area contributed by atoms with Crippen molar-refractivity contribution in [3.8, 4) is 0 Å². The van der Waals surface area contributed by atoms with Gasteiger partial charge in [0.05, 0.1) is 17.8 Å². The number of anilines is 1. The zero-order valence-corrected chi connectivity index (χ0v) is 21.7. The first-order valence-electron chi connectivity index (χ1n) is 13.1. The molecule has 3 aliphatic rings. The molecule has 0 unspecified atom stereocenters. The maximum Gasteiger partial charge on any atom is 0.240 e. The number of carbonyl (C=O) groups is 1. The van der Waals surface area contributed by atoms with Crippen LogP contribution in [0.2, 0.25) is 5.02 Å². The summed E-state index contributed by atoms with van der Waals surface area (Å²) >= 11 is 6.08. The second kappa shape index (κ2) is 11.4. The van der Waals surface area contributed by atoms with E-state index in [0.29, 0.717) is 50.0 Å². The molecule has 5 rings (SSSR count). The number of carbonyl (C=O) groups excluding carboxylic acids is 1. The molecule has 0 spiro atoms. The molecule has 1 aromatic carbocycles. The summed E-state index contributed by atoms with van der Waals surface area (Å²) < 4.78 is 5.50. The molecular weight excluding hydrogens is 478 g/mol. The van der Waals surface area contributed by atoms with Crippen LogP contribution in [0.4, 0.5) is 5.82 Å². The predicted molar refractivity (Wildman–Crippen MR) is 139 cm³/mol. The molecule has 0 radical (unpaired) electrons. The smallest absolute Gasteiger partial charge is 0.240 e. The van der Waals surface area contributed by atoms with E-state index in [-0.39, 0.29) is 17.9 Å². The molecule has 2 fully saturated rings. The molecule has 36 heavy (non-hydrogen) atoms. The molecule has 2 aromatic rings. The molecule has 194 valence electrons. The number of aromatic nitrogens is 2. The summed E-state index contributed by atoms with van der Waals surface area (Å²) in [6, 6.07) is 7.49. The quantitative estimate of drug-likeness (QED) is 0.588. The van der Waals surface area contributed by atoms with Crippen molar-refractivity contribution in [1.29, 1.82) is 0 Å². The minimum Gasteiger partial charge on any atom is -0.387 e. The van der Waals surface area contributed by atoms with E-state index in [1.54, 1.807) is 6.33 Å². The first-order valence-corrected chi connectivity index (χ1v) is 13.5. The summed E-state index contributed by atoms with van der Waals surface area (Å²) in [5.41, 5.74) is 2.91. The monoisotopic (exact) mass is 513 g/mol. The number of nitrogens with zero attached hydrogens (tertiary/aromatic N) is 4. The summed E-state index contributed by atoms with van der Waals surface area (Å²) in [6.07, 6.45) is 4.41. The van der Waals surface area contributed by atoms with Gasteiger partial charge < -0.3 is 25.0 Å². The lowest BCUT2D eigenvalue weighted by Gasteiger charge is -2.38. The number of halogens is 1. The van der Waals surface area contributed by atoms with Gasteiger partial charge in [-0.1, -0.05) is 30.7 Å². The minimum atomic E-state index is -0.518. The zero-order chi connectivity index (χ0) is 25.1. The summed E-state index contributed by atoms with van der Waals surface area (Å²) in [4.78, 5) is 26.8. The Morgan fingerprint density at radius 1 is 1.17 bits per heavy atom. The number of aliphatic hydroxyl groups excluding tert-OH is 1. The van der Waals surface area contributed by atoms with E-state index < -0.39 is 6.10 Å². The Kier molecular flexibility index (Phi) is 8.06. The Hall–Kier alpha value is -2.26. The highest BCUT2D eigenvalue weighted by molar-refractivity contribution is 6.30. The van der Waals surface area contributed by atoms with Crippen LogP contribution in [-0.2, 0) is 16.0 Å². The van der Waals surface area contributed by atoms with E-state index in [1.165, 1.54) is 0 Å². The molecule has 0 bridgehead atoms. The van der Waals surface area contributed by atoms with Gasteiger partial charge in [-0.2, -0.15) is 0 Å². The third-order valence-corrected chi connectivity index (χ3v) is 8.07. The van der Waals surface area contributed by atoms with Gasteiger partial charge in [0, 0.05) is 50.0 Å². The van der Waals surface area contributed by atoms with Crippen LogP contribution in [0.3, 0.4) is 0 Å². The van der Waals surface area contributed by atoms with Crippen molar-refractivity contribution in [2.75, 3.05) is 50.8 Å². The van der Waals surface area contributed by atoms with Crippen LogP contribution in [0.5, 0.6) is 0 Å². The fraction of sp³-hybridized carbons (Fsp3) is 0.593. The topological polar surface area (TPSA) is 90.8 Å². The molecule has 0 saturated carbocycles. The van der Waals surface area contributed by atoms with Crippen LogP contribution in [0.25, 0.3) is 0 Å². The molecule has 9 heteroatoms. The lowest BCUT2D eigenvalue weighted by Crippen LogP contribution is -2.55. The minimum absolute atomic E-state index is 0.147. The number of piperazine rings is 1. The SMILES string of the molecule is C[C@@H]1C[C@@H](O)c2ncnc(N3CCN(C(=O)[C@@H](Cc4ccc(Cl)cc4)NCC4CCOCC4)CC3)c21. The molecular formula is C27H36ClN5O3. The van der Waals surface area contributed by atoms with Gasteiger partial charge in [-0.05, 0) is 61.8 Å². The molecule has 2 saturated heterocycles. The Bertz CT molecular complexity index is 1040. The highest BCUT2D eigenvalue weighted by Crippen LogP contribution is 2.42. The number of nitrogens with one attached hydrogen (secondary N) is 1. The predicted octanol–water partition coefficient (Wildman–Crippen LogP) is 2.95. The Morgan fingerprint density at radius 2 is 1.89 bits per heavy atom. The maximum atomic E-state index is 13.7. The molecule has 1 aromatic heterocycles. The van der Waals surface area contributed by atoms with Gasteiger partial charge in [0.25, 0.3) is 0 Å². The van der Waals surface area contributed by atoms with Crippen LogP contribution in [0, 0.1) is 5.92 Å². The molecule has 1 aliphatic carbocycles. The second-order valence-electron chi connectivity index (χ2n) is 10.3. The van der Waals surface area contributed by atoms with E-state index in [9.17, 15) is 9.90 Å². The van der Waals surface area contributed by atoms with Crippen LogP contribution in [0.1, 0.15) is 55.0 Å². The lowest BCUT2D eigenvalue weighted by atomic mass is 9.98. The van der Waals surface area contributed by atoms with E-state index >= 15 is 0 Å². The summed E-state index contributed by atoms with van der Waals surface area (Å²) in [6.45, 7) is 7.25. The molecule has 1 amide bonds. The summed E-state index contributed by atoms with van der Waals surface area (Å²) in [5, 5.41) is 14.6. The number of amides is 1. The highest BCUT2D eigenvalue weighted by atomic mass is 35.5. The first kappa shape index (κ1) is 25.4. The fourth-order valence-corrected chi connectivity index (χ4v) is 5.80. The van der Waals surface area contributed by atoms with Crippen LogP contribution in [0.15, 0.2) is 30.6 Å². The Labute approximate surface area is 218 Å². The van der Waals surface area contributed by atoms with Crippen molar-refractivity contribution < 1.29 is 14.6 Å². The molecule has 3 heterocycles. The Morgan fingerprint density at radius 3 is 2.61 bits per heavy atom. The highest BCUT2D eigenvalue weighted by Gasteiger charge is 2.35. The number of aliphatic hydroxyl groups is 1. The maximum absolute atomic E-state index is 13.7. The molecule has 2 aliphatic heterocycles. The number of hydrogen-bond donors (Lipinski definition) is 2. The average molecular weight is 514 g/mol. The summed E-state index contributed by atoms with van der Waals surface area (Å²) in [7, 11) is 0. The third kappa shape index (κ3) is 5.67. The van der Waals surface area contributed by atoms with Crippen LogP contribution >= 0.6 is 11.6 Å². The number of rotatable bonds is 7. The zero-order valence-electron chi connectivity index (χ0n) is 20.9. The number of benzene rings is 1. The van der Waals surface area contributed by atoms with Crippen LogP contribution < -0.4 is 10.2 Å². The van der Waals surface area contributed by atoms with Gasteiger partial charge >= 0.3 is 0 Å². The normalized spacial score (nSPS) is 23.5. The van der Waals surface area contributed by atoms with Gasteiger partial charge in [0.1, 0.15) is 12.1 Å². The third-order valence-electron chi connectivity index (χ3n) is 7.81. The van der Waals surface area contributed by atoms with Crippen molar-refractivity contribution in [2.45, 2.75) is 50.7 Å². The summed E-state index contributed by atoms with van der Waals surface area (Å²) in [5.74, 6) is 1.82. The average Bonchev–Trinajstić information content (AvgIpc) is 3.21. The standard InChI is InChI=1S/C27H36ClN5O3/c1-18-14-23(34)25-24(18)26(31-17-30-25)32-8-10-33(11-9-32)27(35)22(15-19-2-4-21(28)5-3-19)29-16-20-6-12-36-13-7-20/h2-5,17-18,20,22-23,29,34H,6-16H2,1H3/t18-,22-,23-/m1/s1. The van der Waals surface area contributed by atoms with Crippen LogP contribution in [-0.4, -0.2) is 77.9 Å². The molecule has 3 atom stereocenters. The number of hydrogen-bond acceptors (Lipinski definition) is 7. The van der Waals surface area contributed by atoms with Crippen molar-refractivity contribution in [3.05, 3.63) is 52.4 Å².